The monoisotopic (exact) mass is 253 g/mol. The molecule has 18 heavy (non-hydrogen) atoms. The van der Waals surface area contributed by atoms with Gasteiger partial charge in [0.15, 0.2) is 0 Å². The van der Waals surface area contributed by atoms with Crippen LogP contribution in [0.1, 0.15) is 15.9 Å². The van der Waals surface area contributed by atoms with Gasteiger partial charge in [0.05, 0.1) is 13.2 Å². The first-order valence-electron chi connectivity index (χ1n) is 5.81. The molecule has 1 aliphatic rings. The van der Waals surface area contributed by atoms with E-state index in [4.69, 9.17) is 10.6 Å². The first-order valence-corrected chi connectivity index (χ1v) is 5.81. The van der Waals surface area contributed by atoms with E-state index < -0.39 is 5.82 Å². The molecule has 5 nitrogen and oxygen atoms in total. The highest BCUT2D eigenvalue weighted by Gasteiger charge is 2.19. The molecule has 0 spiro atoms. The SMILES string of the molecule is NNCc1ccc(C(=O)N2CCOCC2)cc1F. The van der Waals surface area contributed by atoms with E-state index in [2.05, 4.69) is 5.43 Å². The summed E-state index contributed by atoms with van der Waals surface area (Å²) in [5, 5.41) is 0. The van der Waals surface area contributed by atoms with Crippen LogP contribution in [0.5, 0.6) is 0 Å². The first-order chi connectivity index (χ1) is 8.72. The average molecular weight is 253 g/mol. The van der Waals surface area contributed by atoms with Gasteiger partial charge in [0.25, 0.3) is 5.91 Å². The van der Waals surface area contributed by atoms with Gasteiger partial charge in [-0.25, -0.2) is 4.39 Å². The van der Waals surface area contributed by atoms with Crippen molar-refractivity contribution in [1.29, 1.82) is 0 Å². The summed E-state index contributed by atoms with van der Waals surface area (Å²) in [4.78, 5) is 13.8. The first kappa shape index (κ1) is 12.9. The Kier molecular flexibility index (Phi) is 4.24. The van der Waals surface area contributed by atoms with Crippen molar-refractivity contribution >= 4 is 5.91 Å². The molecule has 2 rings (SSSR count). The molecule has 0 saturated carbocycles. The number of carbonyl (C=O) groups excluding carboxylic acids is 1. The summed E-state index contributed by atoms with van der Waals surface area (Å²) >= 11 is 0. The van der Waals surface area contributed by atoms with E-state index in [0.717, 1.165) is 0 Å². The average Bonchev–Trinajstić information content (AvgIpc) is 2.41. The van der Waals surface area contributed by atoms with Gasteiger partial charge >= 0.3 is 0 Å². The molecular weight excluding hydrogens is 237 g/mol. The zero-order chi connectivity index (χ0) is 13.0. The predicted octanol–water partition coefficient (Wildman–Crippen LogP) is 0.261. The van der Waals surface area contributed by atoms with E-state index in [-0.39, 0.29) is 12.5 Å². The number of morpholine rings is 1. The molecule has 3 N–H and O–H groups in total. The molecule has 1 fully saturated rings. The highest BCUT2D eigenvalue weighted by molar-refractivity contribution is 5.94. The summed E-state index contributed by atoms with van der Waals surface area (Å²) in [6.07, 6.45) is 0. The molecule has 0 aliphatic carbocycles. The van der Waals surface area contributed by atoms with E-state index in [9.17, 15) is 9.18 Å². The third-order valence-electron chi connectivity index (χ3n) is 2.89. The molecule has 6 heteroatoms. The van der Waals surface area contributed by atoms with Gasteiger partial charge in [0, 0.05) is 30.8 Å². The molecule has 1 heterocycles. The minimum absolute atomic E-state index is 0.163. The highest BCUT2D eigenvalue weighted by atomic mass is 19.1. The quantitative estimate of drug-likeness (QED) is 0.599. The third kappa shape index (κ3) is 2.84. The van der Waals surface area contributed by atoms with Crippen molar-refractivity contribution in [3.8, 4) is 0 Å². The number of benzene rings is 1. The van der Waals surface area contributed by atoms with Crippen molar-refractivity contribution in [2.75, 3.05) is 26.3 Å². The van der Waals surface area contributed by atoms with Crippen molar-refractivity contribution in [3.05, 3.63) is 35.1 Å². The van der Waals surface area contributed by atoms with Crippen molar-refractivity contribution in [2.24, 2.45) is 5.84 Å². The largest absolute Gasteiger partial charge is 0.378 e. The van der Waals surface area contributed by atoms with Crippen molar-refractivity contribution in [3.63, 3.8) is 0 Å². The molecule has 0 atom stereocenters. The lowest BCUT2D eigenvalue weighted by atomic mass is 10.1. The number of amides is 1. The molecular formula is C12H16FN3O2. The number of hydrogen-bond acceptors (Lipinski definition) is 4. The fourth-order valence-corrected chi connectivity index (χ4v) is 1.88. The lowest BCUT2D eigenvalue weighted by Gasteiger charge is -2.26. The standard InChI is InChI=1S/C12H16FN3O2/c13-11-7-9(1-2-10(11)8-15-14)12(17)16-3-5-18-6-4-16/h1-2,7,15H,3-6,8,14H2. The summed E-state index contributed by atoms with van der Waals surface area (Å²) in [6.45, 7) is 2.39. The van der Waals surface area contributed by atoms with E-state index in [1.165, 1.54) is 6.07 Å². The topological polar surface area (TPSA) is 67.6 Å². The molecule has 98 valence electrons. The Labute approximate surface area is 105 Å². The van der Waals surface area contributed by atoms with E-state index in [1.807, 2.05) is 0 Å². The van der Waals surface area contributed by atoms with Crippen LogP contribution in [0.25, 0.3) is 0 Å². The lowest BCUT2D eigenvalue weighted by molar-refractivity contribution is 0.0302. The van der Waals surface area contributed by atoms with E-state index in [1.54, 1.807) is 17.0 Å². The van der Waals surface area contributed by atoms with Crippen LogP contribution in [0, 0.1) is 5.82 Å². The van der Waals surface area contributed by atoms with E-state index in [0.29, 0.717) is 37.4 Å². The van der Waals surface area contributed by atoms with Gasteiger partial charge in [-0.05, 0) is 12.1 Å². The summed E-state index contributed by atoms with van der Waals surface area (Å²) in [7, 11) is 0. The van der Waals surface area contributed by atoms with Crippen molar-refractivity contribution < 1.29 is 13.9 Å². The summed E-state index contributed by atoms with van der Waals surface area (Å²) in [5.74, 6) is 4.55. The Bertz CT molecular complexity index is 433. The van der Waals surface area contributed by atoms with Crippen LogP contribution < -0.4 is 11.3 Å². The van der Waals surface area contributed by atoms with Gasteiger partial charge in [-0.2, -0.15) is 0 Å². The molecule has 0 aromatic heterocycles. The Morgan fingerprint density at radius 3 is 2.78 bits per heavy atom. The van der Waals surface area contributed by atoms with Crippen LogP contribution in [-0.4, -0.2) is 37.1 Å². The number of nitrogens with two attached hydrogens (primary N) is 1. The van der Waals surface area contributed by atoms with Crippen LogP contribution in [0.3, 0.4) is 0 Å². The number of ether oxygens (including phenoxy) is 1. The maximum atomic E-state index is 13.7. The third-order valence-corrected chi connectivity index (χ3v) is 2.89. The minimum atomic E-state index is -0.424. The van der Waals surface area contributed by atoms with Crippen LogP contribution in [0.15, 0.2) is 18.2 Å². The molecule has 1 aliphatic heterocycles. The summed E-state index contributed by atoms with van der Waals surface area (Å²) < 4.78 is 18.8. The predicted molar refractivity (Wildman–Crippen MR) is 64.1 cm³/mol. The molecule has 0 radical (unpaired) electrons. The number of hydrogen-bond donors (Lipinski definition) is 2. The van der Waals surface area contributed by atoms with Crippen LogP contribution in [-0.2, 0) is 11.3 Å². The van der Waals surface area contributed by atoms with Crippen molar-refractivity contribution in [2.45, 2.75) is 6.54 Å². The normalized spacial score (nSPS) is 15.8. The second-order valence-corrected chi connectivity index (χ2v) is 4.09. The Morgan fingerprint density at radius 1 is 1.44 bits per heavy atom. The molecule has 0 bridgehead atoms. The fourth-order valence-electron chi connectivity index (χ4n) is 1.88. The fraction of sp³-hybridized carbons (Fsp3) is 0.417. The molecule has 0 unspecified atom stereocenters. The van der Waals surface area contributed by atoms with Gasteiger partial charge in [-0.15, -0.1) is 0 Å². The number of halogens is 1. The molecule has 1 aromatic rings. The Hall–Kier alpha value is -1.50. The van der Waals surface area contributed by atoms with Gasteiger partial charge < -0.3 is 9.64 Å². The van der Waals surface area contributed by atoms with Gasteiger partial charge in [-0.3, -0.25) is 16.1 Å². The lowest BCUT2D eigenvalue weighted by Crippen LogP contribution is -2.40. The number of nitrogens with zero attached hydrogens (tertiary/aromatic N) is 1. The zero-order valence-corrected chi connectivity index (χ0v) is 9.99. The van der Waals surface area contributed by atoms with Crippen molar-refractivity contribution in [1.82, 2.24) is 10.3 Å². The second kappa shape index (κ2) is 5.90. The van der Waals surface area contributed by atoms with Crippen LogP contribution in [0.4, 0.5) is 4.39 Å². The molecule has 1 aromatic carbocycles. The number of rotatable bonds is 3. The number of carbonyl (C=O) groups is 1. The second-order valence-electron chi connectivity index (χ2n) is 4.09. The number of hydrazine groups is 1. The minimum Gasteiger partial charge on any atom is -0.378 e. The van der Waals surface area contributed by atoms with Gasteiger partial charge in [0.1, 0.15) is 5.82 Å². The summed E-state index contributed by atoms with van der Waals surface area (Å²) in [5.41, 5.74) is 3.18. The zero-order valence-electron chi connectivity index (χ0n) is 9.99. The number of nitrogens with one attached hydrogen (secondary N) is 1. The van der Waals surface area contributed by atoms with Gasteiger partial charge in [-0.1, -0.05) is 6.07 Å². The maximum Gasteiger partial charge on any atom is 0.254 e. The molecule has 1 saturated heterocycles. The van der Waals surface area contributed by atoms with E-state index >= 15 is 0 Å². The Balaban J connectivity index is 2.12. The van der Waals surface area contributed by atoms with Gasteiger partial charge in [0.2, 0.25) is 0 Å². The van der Waals surface area contributed by atoms with Crippen LogP contribution in [0.2, 0.25) is 0 Å². The Morgan fingerprint density at radius 2 is 2.17 bits per heavy atom. The molecule has 1 amide bonds. The van der Waals surface area contributed by atoms with Crippen LogP contribution >= 0.6 is 0 Å². The smallest absolute Gasteiger partial charge is 0.254 e. The highest BCUT2D eigenvalue weighted by Crippen LogP contribution is 2.13. The maximum absolute atomic E-state index is 13.7. The summed E-state index contributed by atoms with van der Waals surface area (Å²) in [6, 6.07) is 4.45.